The smallest absolute Gasteiger partial charge is 0.142 e. The highest BCUT2D eigenvalue weighted by Crippen LogP contribution is 2.40. The van der Waals surface area contributed by atoms with Crippen molar-refractivity contribution in [3.63, 3.8) is 0 Å². The van der Waals surface area contributed by atoms with Crippen molar-refractivity contribution in [1.82, 2.24) is 0 Å². The van der Waals surface area contributed by atoms with E-state index >= 15 is 0 Å². The van der Waals surface area contributed by atoms with Crippen molar-refractivity contribution < 1.29 is 14.2 Å². The van der Waals surface area contributed by atoms with Gasteiger partial charge in [0.1, 0.15) is 17.6 Å². The van der Waals surface area contributed by atoms with E-state index in [1.807, 2.05) is 18.2 Å². The van der Waals surface area contributed by atoms with Crippen molar-refractivity contribution >= 4 is 5.69 Å². The number of rotatable bonds is 3. The van der Waals surface area contributed by atoms with Crippen LogP contribution in [0.5, 0.6) is 11.5 Å². The molecule has 4 nitrogen and oxygen atoms in total. The lowest BCUT2D eigenvalue weighted by molar-refractivity contribution is -0.129. The zero-order chi connectivity index (χ0) is 14.7. The van der Waals surface area contributed by atoms with E-state index in [4.69, 9.17) is 19.9 Å². The first-order chi connectivity index (χ1) is 10.2. The Morgan fingerprint density at radius 2 is 2.05 bits per heavy atom. The van der Waals surface area contributed by atoms with Crippen LogP contribution in [0.15, 0.2) is 18.2 Å². The number of hydrogen-bond acceptors (Lipinski definition) is 4. The fraction of sp³-hybridized carbons (Fsp3) is 0.647. The monoisotopic (exact) mass is 291 g/mol. The number of hydrogen-bond donors (Lipinski definition) is 1. The molecule has 1 heterocycles. The summed E-state index contributed by atoms with van der Waals surface area (Å²) < 4.78 is 17.4. The maximum Gasteiger partial charge on any atom is 0.142 e. The van der Waals surface area contributed by atoms with Gasteiger partial charge in [-0.1, -0.05) is 19.3 Å². The van der Waals surface area contributed by atoms with E-state index in [-0.39, 0.29) is 11.7 Å². The van der Waals surface area contributed by atoms with Gasteiger partial charge in [-0.05, 0) is 25.0 Å². The third-order valence-electron chi connectivity index (χ3n) is 4.72. The molecule has 1 saturated carbocycles. The lowest BCUT2D eigenvalue weighted by Gasteiger charge is -2.43. The summed E-state index contributed by atoms with van der Waals surface area (Å²) >= 11 is 0. The Kier molecular flexibility index (Phi) is 4.24. The lowest BCUT2D eigenvalue weighted by atomic mass is 9.79. The molecule has 0 radical (unpaired) electrons. The van der Waals surface area contributed by atoms with Crippen LogP contribution < -0.4 is 15.2 Å². The molecule has 1 aliphatic heterocycles. The van der Waals surface area contributed by atoms with Gasteiger partial charge < -0.3 is 19.9 Å². The summed E-state index contributed by atoms with van der Waals surface area (Å²) in [5.41, 5.74) is 6.74. The van der Waals surface area contributed by atoms with E-state index < -0.39 is 0 Å². The molecule has 1 aromatic rings. The standard InChI is InChI=1S/C17H25NO3/c1-19-13-5-6-16(15(18)11-13)21-14-7-10-20-17(12-14)8-3-2-4-9-17/h5-6,11,14H,2-4,7-10,12,18H2,1H3. The Morgan fingerprint density at radius 1 is 1.24 bits per heavy atom. The minimum Gasteiger partial charge on any atom is -0.497 e. The summed E-state index contributed by atoms with van der Waals surface area (Å²) in [6, 6.07) is 5.60. The van der Waals surface area contributed by atoms with Gasteiger partial charge in [0.05, 0.1) is 25.0 Å². The zero-order valence-corrected chi connectivity index (χ0v) is 12.8. The van der Waals surface area contributed by atoms with Gasteiger partial charge >= 0.3 is 0 Å². The van der Waals surface area contributed by atoms with Gasteiger partial charge in [-0.25, -0.2) is 0 Å². The highest BCUT2D eigenvalue weighted by Gasteiger charge is 2.39. The van der Waals surface area contributed by atoms with Crippen LogP contribution in [0.1, 0.15) is 44.9 Å². The fourth-order valence-electron chi connectivity index (χ4n) is 3.57. The van der Waals surface area contributed by atoms with Crippen LogP contribution >= 0.6 is 0 Å². The van der Waals surface area contributed by atoms with Crippen LogP contribution in [0.4, 0.5) is 5.69 Å². The van der Waals surface area contributed by atoms with E-state index in [1.54, 1.807) is 7.11 Å². The molecule has 2 aliphatic rings. The van der Waals surface area contributed by atoms with Gasteiger partial charge in [0.15, 0.2) is 0 Å². The first kappa shape index (κ1) is 14.5. The Bertz CT molecular complexity index is 477. The van der Waals surface area contributed by atoms with Gasteiger partial charge in [-0.3, -0.25) is 0 Å². The van der Waals surface area contributed by atoms with Gasteiger partial charge in [0, 0.05) is 18.9 Å². The molecule has 2 fully saturated rings. The van der Waals surface area contributed by atoms with Crippen molar-refractivity contribution in [3.05, 3.63) is 18.2 Å². The van der Waals surface area contributed by atoms with Crippen LogP contribution in [0.2, 0.25) is 0 Å². The van der Waals surface area contributed by atoms with Crippen molar-refractivity contribution in [2.45, 2.75) is 56.7 Å². The summed E-state index contributed by atoms with van der Waals surface area (Å²) in [5.74, 6) is 1.52. The molecule has 1 unspecified atom stereocenters. The number of nitrogens with two attached hydrogens (primary N) is 1. The topological polar surface area (TPSA) is 53.7 Å². The second kappa shape index (κ2) is 6.14. The largest absolute Gasteiger partial charge is 0.497 e. The Hall–Kier alpha value is -1.42. The summed E-state index contributed by atoms with van der Waals surface area (Å²) in [6.07, 6.45) is 8.35. The molecule has 3 rings (SSSR count). The number of ether oxygens (including phenoxy) is 3. The van der Waals surface area contributed by atoms with Crippen molar-refractivity contribution in [3.8, 4) is 11.5 Å². The quantitative estimate of drug-likeness (QED) is 0.865. The average molecular weight is 291 g/mol. The van der Waals surface area contributed by atoms with Crippen LogP contribution in [0.25, 0.3) is 0 Å². The average Bonchev–Trinajstić information content (AvgIpc) is 2.50. The van der Waals surface area contributed by atoms with Gasteiger partial charge in [0.2, 0.25) is 0 Å². The minimum atomic E-state index is 0.0579. The van der Waals surface area contributed by atoms with Crippen LogP contribution in [-0.2, 0) is 4.74 Å². The predicted octanol–water partition coefficient (Wildman–Crippen LogP) is 3.54. The van der Waals surface area contributed by atoms with Gasteiger partial charge in [-0.2, -0.15) is 0 Å². The highest BCUT2D eigenvalue weighted by atomic mass is 16.5. The molecule has 0 bridgehead atoms. The Morgan fingerprint density at radius 3 is 2.76 bits per heavy atom. The molecule has 0 amide bonds. The second-order valence-corrected chi connectivity index (χ2v) is 6.23. The first-order valence-corrected chi connectivity index (χ1v) is 7.95. The van der Waals surface area contributed by atoms with Gasteiger partial charge in [-0.15, -0.1) is 0 Å². The van der Waals surface area contributed by atoms with Crippen LogP contribution in [0, 0.1) is 0 Å². The maximum atomic E-state index is 6.15. The number of methoxy groups -OCH3 is 1. The van der Waals surface area contributed by atoms with Crippen LogP contribution in [-0.4, -0.2) is 25.4 Å². The van der Waals surface area contributed by atoms with E-state index in [1.165, 1.54) is 32.1 Å². The molecular formula is C17H25NO3. The van der Waals surface area contributed by atoms with Crippen molar-refractivity contribution in [2.75, 3.05) is 19.5 Å². The Labute approximate surface area is 126 Å². The summed E-state index contributed by atoms with van der Waals surface area (Å²) in [5, 5.41) is 0. The summed E-state index contributed by atoms with van der Waals surface area (Å²) in [7, 11) is 1.64. The molecule has 21 heavy (non-hydrogen) atoms. The second-order valence-electron chi connectivity index (χ2n) is 6.23. The molecule has 1 saturated heterocycles. The molecule has 1 atom stereocenters. The van der Waals surface area contributed by atoms with Crippen molar-refractivity contribution in [2.24, 2.45) is 0 Å². The molecule has 116 valence electrons. The molecule has 1 aliphatic carbocycles. The molecule has 0 aromatic heterocycles. The summed E-state index contributed by atoms with van der Waals surface area (Å²) in [4.78, 5) is 0. The molecular weight excluding hydrogens is 266 g/mol. The normalized spacial score (nSPS) is 24.7. The fourth-order valence-corrected chi connectivity index (χ4v) is 3.57. The van der Waals surface area contributed by atoms with Crippen LogP contribution in [0.3, 0.4) is 0 Å². The number of anilines is 1. The van der Waals surface area contributed by atoms with Gasteiger partial charge in [0.25, 0.3) is 0 Å². The number of nitrogen functional groups attached to an aromatic ring is 1. The molecule has 4 heteroatoms. The molecule has 2 N–H and O–H groups in total. The third-order valence-corrected chi connectivity index (χ3v) is 4.72. The number of benzene rings is 1. The predicted molar refractivity (Wildman–Crippen MR) is 82.8 cm³/mol. The maximum absolute atomic E-state index is 6.15. The first-order valence-electron chi connectivity index (χ1n) is 7.95. The van der Waals surface area contributed by atoms with E-state index in [0.29, 0.717) is 5.69 Å². The molecule has 1 aromatic carbocycles. The summed E-state index contributed by atoms with van der Waals surface area (Å²) in [6.45, 7) is 0.792. The third kappa shape index (κ3) is 3.26. The molecule has 1 spiro atoms. The van der Waals surface area contributed by atoms with E-state index in [9.17, 15) is 0 Å². The SMILES string of the molecule is COc1ccc(OC2CCOC3(CCCCC3)C2)c(N)c1. The van der Waals surface area contributed by atoms with Crippen molar-refractivity contribution in [1.29, 1.82) is 0 Å². The zero-order valence-electron chi connectivity index (χ0n) is 12.8. The Balaban J connectivity index is 1.67. The van der Waals surface area contributed by atoms with E-state index in [0.717, 1.165) is 30.9 Å². The lowest BCUT2D eigenvalue weighted by Crippen LogP contribution is -2.45. The minimum absolute atomic E-state index is 0.0579. The van der Waals surface area contributed by atoms with E-state index in [2.05, 4.69) is 0 Å². The highest BCUT2D eigenvalue weighted by molar-refractivity contribution is 5.56.